The summed E-state index contributed by atoms with van der Waals surface area (Å²) in [5, 5.41) is 10.0. The molecule has 5 nitrogen and oxygen atoms in total. The van der Waals surface area contributed by atoms with Crippen LogP contribution in [-0.2, 0) is 10.1 Å². The fraction of sp³-hybridized carbons (Fsp3) is 0.167. The summed E-state index contributed by atoms with van der Waals surface area (Å²) in [5.74, 6) is 0.578. The lowest BCUT2D eigenvalue weighted by Crippen LogP contribution is -2.01. The van der Waals surface area contributed by atoms with Crippen molar-refractivity contribution in [3.05, 3.63) is 36.4 Å². The number of aliphatic hydroxyl groups is 1. The molecule has 2 rings (SSSR count). The molecular formula is C12H11O5S-. The van der Waals surface area contributed by atoms with E-state index in [1.54, 1.807) is 24.3 Å². The van der Waals surface area contributed by atoms with Crippen LogP contribution in [0, 0.1) is 0 Å². The number of benzene rings is 2. The van der Waals surface area contributed by atoms with Crippen molar-refractivity contribution in [2.75, 3.05) is 13.2 Å². The van der Waals surface area contributed by atoms with Crippen molar-refractivity contribution in [1.82, 2.24) is 0 Å². The van der Waals surface area contributed by atoms with Gasteiger partial charge in [0, 0.05) is 0 Å². The third-order valence-electron chi connectivity index (χ3n) is 2.43. The number of hydrogen-bond acceptors (Lipinski definition) is 5. The first-order chi connectivity index (χ1) is 8.50. The van der Waals surface area contributed by atoms with Crippen LogP contribution in [0.3, 0.4) is 0 Å². The first-order valence-electron chi connectivity index (χ1n) is 5.24. The van der Waals surface area contributed by atoms with Crippen LogP contribution in [0.25, 0.3) is 10.8 Å². The summed E-state index contributed by atoms with van der Waals surface area (Å²) >= 11 is 0. The Morgan fingerprint density at radius 3 is 2.44 bits per heavy atom. The molecule has 0 aromatic heterocycles. The molecular weight excluding hydrogens is 256 g/mol. The summed E-state index contributed by atoms with van der Waals surface area (Å²) in [6, 6.07) is 9.17. The molecule has 0 aliphatic heterocycles. The molecule has 96 valence electrons. The minimum absolute atomic E-state index is 0.0780. The summed E-state index contributed by atoms with van der Waals surface area (Å²) in [5.41, 5.74) is 0. The zero-order valence-electron chi connectivity index (χ0n) is 9.37. The highest BCUT2D eigenvalue weighted by atomic mass is 32.2. The van der Waals surface area contributed by atoms with Crippen molar-refractivity contribution in [2.45, 2.75) is 4.90 Å². The molecule has 0 heterocycles. The molecule has 0 radical (unpaired) electrons. The molecule has 6 heteroatoms. The molecule has 0 amide bonds. The third-order valence-corrected chi connectivity index (χ3v) is 3.26. The fourth-order valence-corrected chi connectivity index (χ4v) is 2.12. The monoisotopic (exact) mass is 267 g/mol. The molecule has 0 unspecified atom stereocenters. The molecule has 0 aliphatic rings. The van der Waals surface area contributed by atoms with Gasteiger partial charge in [-0.05, 0) is 35.0 Å². The van der Waals surface area contributed by atoms with Crippen molar-refractivity contribution in [3.8, 4) is 5.75 Å². The van der Waals surface area contributed by atoms with Crippen molar-refractivity contribution >= 4 is 20.9 Å². The van der Waals surface area contributed by atoms with Gasteiger partial charge >= 0.3 is 0 Å². The second-order valence-electron chi connectivity index (χ2n) is 3.70. The van der Waals surface area contributed by atoms with E-state index in [4.69, 9.17) is 9.84 Å². The highest BCUT2D eigenvalue weighted by Gasteiger charge is 2.03. The van der Waals surface area contributed by atoms with Gasteiger partial charge in [-0.2, -0.15) is 0 Å². The van der Waals surface area contributed by atoms with Gasteiger partial charge in [-0.25, -0.2) is 8.42 Å². The molecule has 2 aromatic carbocycles. The Labute approximate surface area is 104 Å². The number of rotatable bonds is 4. The minimum Gasteiger partial charge on any atom is -0.744 e. The zero-order chi connectivity index (χ0) is 13.2. The summed E-state index contributed by atoms with van der Waals surface area (Å²) in [7, 11) is -4.43. The average Bonchev–Trinajstić information content (AvgIpc) is 2.34. The van der Waals surface area contributed by atoms with Crippen LogP contribution in [0.4, 0.5) is 0 Å². The van der Waals surface area contributed by atoms with Crippen LogP contribution in [0.1, 0.15) is 0 Å². The molecule has 2 aromatic rings. The van der Waals surface area contributed by atoms with Crippen molar-refractivity contribution < 1.29 is 22.8 Å². The Bertz CT molecular complexity index is 663. The van der Waals surface area contributed by atoms with Gasteiger partial charge in [0.25, 0.3) is 0 Å². The van der Waals surface area contributed by atoms with Crippen LogP contribution in [0.15, 0.2) is 41.3 Å². The molecule has 0 bridgehead atoms. The third kappa shape index (κ3) is 2.79. The average molecular weight is 267 g/mol. The second-order valence-corrected chi connectivity index (χ2v) is 5.08. The largest absolute Gasteiger partial charge is 0.744 e. The Hall–Kier alpha value is -1.63. The summed E-state index contributed by atoms with van der Waals surface area (Å²) < 4.78 is 37.9. The number of hydrogen-bond donors (Lipinski definition) is 1. The molecule has 0 fully saturated rings. The zero-order valence-corrected chi connectivity index (χ0v) is 10.2. The van der Waals surface area contributed by atoms with Gasteiger partial charge in [0.2, 0.25) is 0 Å². The summed E-state index contributed by atoms with van der Waals surface area (Å²) in [4.78, 5) is -0.251. The molecule has 0 aliphatic carbocycles. The van der Waals surface area contributed by atoms with E-state index in [2.05, 4.69) is 0 Å². The predicted molar refractivity (Wildman–Crippen MR) is 64.5 cm³/mol. The van der Waals surface area contributed by atoms with Gasteiger partial charge in [0.05, 0.1) is 11.5 Å². The van der Waals surface area contributed by atoms with E-state index in [9.17, 15) is 13.0 Å². The molecule has 0 saturated carbocycles. The van der Waals surface area contributed by atoms with Gasteiger partial charge < -0.3 is 14.4 Å². The highest BCUT2D eigenvalue weighted by molar-refractivity contribution is 7.85. The van der Waals surface area contributed by atoms with Crippen LogP contribution < -0.4 is 4.74 Å². The van der Waals surface area contributed by atoms with Crippen LogP contribution in [0.5, 0.6) is 5.75 Å². The number of aliphatic hydroxyl groups excluding tert-OH is 1. The smallest absolute Gasteiger partial charge is 0.124 e. The van der Waals surface area contributed by atoms with Gasteiger partial charge in [0.1, 0.15) is 22.5 Å². The van der Waals surface area contributed by atoms with Gasteiger partial charge in [-0.3, -0.25) is 0 Å². The second kappa shape index (κ2) is 4.93. The molecule has 18 heavy (non-hydrogen) atoms. The SMILES string of the molecule is O=S(=O)([O-])c1ccc2cc(OCCO)ccc2c1. The predicted octanol–water partition coefficient (Wildman–Crippen LogP) is 1.12. The summed E-state index contributed by atoms with van der Waals surface area (Å²) in [6.45, 7) is 0.115. The first kappa shape index (κ1) is 12.8. The minimum atomic E-state index is -4.43. The van der Waals surface area contributed by atoms with E-state index in [1.807, 2.05) is 0 Å². The van der Waals surface area contributed by atoms with Crippen LogP contribution in [0.2, 0.25) is 0 Å². The molecule has 0 spiro atoms. The van der Waals surface area contributed by atoms with Crippen molar-refractivity contribution in [1.29, 1.82) is 0 Å². The standard InChI is InChI=1S/C12H12O5S/c13-5-6-17-11-3-1-10-8-12(18(14,15)16)4-2-9(10)7-11/h1-4,7-8,13H,5-6H2,(H,14,15,16)/p-1. The molecule has 1 N–H and O–H groups in total. The number of ether oxygens (including phenoxy) is 1. The van der Waals surface area contributed by atoms with Gasteiger partial charge in [-0.1, -0.05) is 12.1 Å². The van der Waals surface area contributed by atoms with E-state index >= 15 is 0 Å². The van der Waals surface area contributed by atoms with Gasteiger partial charge in [-0.15, -0.1) is 0 Å². The molecule has 0 atom stereocenters. The maximum Gasteiger partial charge on any atom is 0.124 e. The lowest BCUT2D eigenvalue weighted by molar-refractivity contribution is 0.201. The van der Waals surface area contributed by atoms with Crippen molar-refractivity contribution in [2.24, 2.45) is 0 Å². The van der Waals surface area contributed by atoms with Crippen LogP contribution >= 0.6 is 0 Å². The Morgan fingerprint density at radius 2 is 1.78 bits per heavy atom. The van der Waals surface area contributed by atoms with E-state index in [0.29, 0.717) is 11.1 Å². The summed E-state index contributed by atoms with van der Waals surface area (Å²) in [6.07, 6.45) is 0. The maximum atomic E-state index is 10.9. The normalized spacial score (nSPS) is 11.7. The fourth-order valence-electron chi connectivity index (χ4n) is 1.61. The van der Waals surface area contributed by atoms with E-state index in [0.717, 1.165) is 5.39 Å². The number of fused-ring (bicyclic) bond motifs is 1. The lowest BCUT2D eigenvalue weighted by atomic mass is 10.1. The van der Waals surface area contributed by atoms with Crippen molar-refractivity contribution in [3.63, 3.8) is 0 Å². The van der Waals surface area contributed by atoms with E-state index < -0.39 is 10.1 Å². The highest BCUT2D eigenvalue weighted by Crippen LogP contribution is 2.23. The Morgan fingerprint density at radius 1 is 1.11 bits per heavy atom. The lowest BCUT2D eigenvalue weighted by Gasteiger charge is -2.09. The Kier molecular flexibility index (Phi) is 3.51. The quantitative estimate of drug-likeness (QED) is 0.839. The van der Waals surface area contributed by atoms with Crippen LogP contribution in [-0.4, -0.2) is 31.3 Å². The van der Waals surface area contributed by atoms with Gasteiger partial charge in [0.15, 0.2) is 0 Å². The maximum absolute atomic E-state index is 10.9. The van der Waals surface area contributed by atoms with E-state index in [1.165, 1.54) is 12.1 Å². The first-order valence-corrected chi connectivity index (χ1v) is 6.65. The van der Waals surface area contributed by atoms with E-state index in [-0.39, 0.29) is 18.1 Å². The topological polar surface area (TPSA) is 86.7 Å². The molecule has 0 saturated heterocycles. The Balaban J connectivity index is 2.42.